The van der Waals surface area contributed by atoms with Crippen molar-refractivity contribution >= 4 is 30.0 Å². The number of ether oxygens (including phenoxy) is 1. The molecule has 4 nitrogen and oxygen atoms in total. The summed E-state index contributed by atoms with van der Waals surface area (Å²) >= 11 is 0. The van der Waals surface area contributed by atoms with Crippen LogP contribution in [0, 0.1) is 12.3 Å². The van der Waals surface area contributed by atoms with E-state index < -0.39 is 8.45 Å². The molecule has 2 N–H and O–H groups in total. The van der Waals surface area contributed by atoms with Crippen LogP contribution in [0.25, 0.3) is 0 Å². The third-order valence-electron chi connectivity index (χ3n) is 1.99. The molecule has 2 unspecified atom stereocenters. The fraction of sp³-hybridized carbons (Fsp3) is 0.778. The minimum Gasteiger partial charge on any atom is -0.362 e. The van der Waals surface area contributed by atoms with Gasteiger partial charge in [-0.3, -0.25) is 10.2 Å². The van der Waals surface area contributed by atoms with Gasteiger partial charge in [0.2, 0.25) is 0 Å². The summed E-state index contributed by atoms with van der Waals surface area (Å²) in [7, 11) is 6.61. The van der Waals surface area contributed by atoms with Gasteiger partial charge >= 0.3 is 0 Å². The molecule has 0 aromatic rings. The van der Waals surface area contributed by atoms with Crippen LogP contribution < -0.4 is 10.2 Å². The molecule has 1 aliphatic rings. The van der Waals surface area contributed by atoms with E-state index in [1.54, 1.807) is 0 Å². The predicted molar refractivity (Wildman–Crippen MR) is 73.4 cm³/mol. The predicted octanol–water partition coefficient (Wildman–Crippen LogP) is 1.45. The van der Waals surface area contributed by atoms with E-state index >= 15 is 0 Å². The summed E-state index contributed by atoms with van der Waals surface area (Å²) in [5.41, 5.74) is 0. The monoisotopic (exact) mass is 280 g/mol. The summed E-state index contributed by atoms with van der Waals surface area (Å²) in [6.07, 6.45) is 5.39. The average molecular weight is 280 g/mol. The van der Waals surface area contributed by atoms with Crippen LogP contribution in [0.15, 0.2) is 0 Å². The van der Waals surface area contributed by atoms with Gasteiger partial charge in [-0.2, -0.15) is 0 Å². The molecule has 1 saturated heterocycles. The number of hydrogen-bond acceptors (Lipinski definition) is 6. The SMILES string of the molecule is C#CCOC1CSSCC1OP(NC)NC. The maximum Gasteiger partial charge on any atom is 0.182 e. The molecule has 92 valence electrons. The Morgan fingerprint density at radius 2 is 1.94 bits per heavy atom. The number of rotatable bonds is 6. The molecular formula is C9H17N2O2PS2. The molecule has 1 rings (SSSR count). The van der Waals surface area contributed by atoms with E-state index in [4.69, 9.17) is 15.7 Å². The Hall–Kier alpha value is 0.530. The number of nitrogens with one attached hydrogen (secondary N) is 2. The van der Waals surface area contributed by atoms with Crippen LogP contribution in [0.5, 0.6) is 0 Å². The first-order valence-electron chi connectivity index (χ1n) is 4.93. The van der Waals surface area contributed by atoms with Crippen LogP contribution in [0.3, 0.4) is 0 Å². The Balaban J connectivity index is 2.43. The average Bonchev–Trinajstić information content (AvgIpc) is 2.34. The molecule has 0 bridgehead atoms. The van der Waals surface area contributed by atoms with Gasteiger partial charge in [-0.15, -0.1) is 6.42 Å². The summed E-state index contributed by atoms with van der Waals surface area (Å²) in [4.78, 5) is 0. The summed E-state index contributed by atoms with van der Waals surface area (Å²) in [6, 6.07) is 0. The molecule has 0 aromatic carbocycles. The molecule has 0 aromatic heterocycles. The van der Waals surface area contributed by atoms with E-state index in [1.165, 1.54) is 0 Å². The van der Waals surface area contributed by atoms with Crippen LogP contribution >= 0.6 is 30.0 Å². The summed E-state index contributed by atoms with van der Waals surface area (Å²) in [5.74, 6) is 4.35. The van der Waals surface area contributed by atoms with E-state index in [0.29, 0.717) is 6.61 Å². The van der Waals surface area contributed by atoms with Gasteiger partial charge in [-0.1, -0.05) is 27.5 Å². The maximum atomic E-state index is 5.91. The van der Waals surface area contributed by atoms with E-state index in [9.17, 15) is 0 Å². The second-order valence-electron chi connectivity index (χ2n) is 3.01. The zero-order valence-corrected chi connectivity index (χ0v) is 12.0. The molecular weight excluding hydrogens is 263 g/mol. The highest BCUT2D eigenvalue weighted by molar-refractivity contribution is 8.76. The fourth-order valence-electron chi connectivity index (χ4n) is 1.21. The van der Waals surface area contributed by atoms with E-state index in [1.807, 2.05) is 35.7 Å². The van der Waals surface area contributed by atoms with Crippen LogP contribution in [0.1, 0.15) is 0 Å². The van der Waals surface area contributed by atoms with E-state index in [0.717, 1.165) is 11.5 Å². The zero-order valence-electron chi connectivity index (χ0n) is 9.43. The minimum absolute atomic E-state index is 0.0917. The molecule has 2 atom stereocenters. The Morgan fingerprint density at radius 1 is 1.31 bits per heavy atom. The van der Waals surface area contributed by atoms with Gasteiger partial charge in [0.05, 0.1) is 6.10 Å². The van der Waals surface area contributed by atoms with Crippen molar-refractivity contribution in [2.75, 3.05) is 32.2 Å². The highest BCUT2D eigenvalue weighted by Crippen LogP contribution is 2.37. The van der Waals surface area contributed by atoms with Crippen molar-refractivity contribution in [2.45, 2.75) is 12.2 Å². The largest absolute Gasteiger partial charge is 0.362 e. The Bertz CT molecular complexity index is 236. The van der Waals surface area contributed by atoms with Crippen LogP contribution in [-0.4, -0.2) is 44.4 Å². The van der Waals surface area contributed by atoms with Crippen LogP contribution in [0.4, 0.5) is 0 Å². The van der Waals surface area contributed by atoms with E-state index in [-0.39, 0.29) is 12.2 Å². The lowest BCUT2D eigenvalue weighted by molar-refractivity contribution is 0.0166. The second kappa shape index (κ2) is 8.60. The lowest BCUT2D eigenvalue weighted by Crippen LogP contribution is -2.38. The van der Waals surface area contributed by atoms with Gasteiger partial charge < -0.3 is 9.26 Å². The highest BCUT2D eigenvalue weighted by Gasteiger charge is 2.29. The van der Waals surface area contributed by atoms with Crippen LogP contribution in [-0.2, 0) is 9.26 Å². The quantitative estimate of drug-likeness (QED) is 0.436. The molecule has 0 aliphatic carbocycles. The molecule has 16 heavy (non-hydrogen) atoms. The van der Waals surface area contributed by atoms with Crippen molar-refractivity contribution in [3.63, 3.8) is 0 Å². The first-order valence-corrected chi connectivity index (χ1v) is 8.67. The lowest BCUT2D eigenvalue weighted by Gasteiger charge is -2.32. The van der Waals surface area contributed by atoms with Crippen molar-refractivity contribution < 1.29 is 9.26 Å². The van der Waals surface area contributed by atoms with Crippen molar-refractivity contribution in [1.29, 1.82) is 0 Å². The highest BCUT2D eigenvalue weighted by atomic mass is 33.1. The molecule has 1 fully saturated rings. The Labute approximate surface area is 106 Å². The number of terminal acetylenes is 1. The Kier molecular flexibility index (Phi) is 7.84. The summed E-state index contributed by atoms with van der Waals surface area (Å²) in [6.45, 7) is 0.354. The third kappa shape index (κ3) is 4.80. The molecule has 0 saturated carbocycles. The minimum atomic E-state index is -0.775. The molecule has 1 heterocycles. The zero-order chi connectivity index (χ0) is 11.8. The van der Waals surface area contributed by atoms with Crippen LogP contribution in [0.2, 0.25) is 0 Å². The number of hydrogen-bond donors (Lipinski definition) is 2. The van der Waals surface area contributed by atoms with Crippen molar-refractivity contribution in [3.05, 3.63) is 0 Å². The molecule has 0 amide bonds. The van der Waals surface area contributed by atoms with Gasteiger partial charge in [0.15, 0.2) is 8.45 Å². The fourth-order valence-corrected chi connectivity index (χ4v) is 4.66. The maximum absolute atomic E-state index is 5.91. The van der Waals surface area contributed by atoms with Gasteiger partial charge in [0.25, 0.3) is 0 Å². The standard InChI is InChI=1S/C9H17N2O2PS2/c1-4-5-12-8-6-15-16-7-9(8)13-14(10-2)11-3/h1,8-11H,5-7H2,2-3H3. The first-order chi connectivity index (χ1) is 7.81. The van der Waals surface area contributed by atoms with Gasteiger partial charge in [-0.25, -0.2) is 0 Å². The Morgan fingerprint density at radius 3 is 2.50 bits per heavy atom. The van der Waals surface area contributed by atoms with Crippen molar-refractivity contribution in [3.8, 4) is 12.3 Å². The molecule has 0 radical (unpaired) electrons. The molecule has 1 aliphatic heterocycles. The molecule has 0 spiro atoms. The topological polar surface area (TPSA) is 42.5 Å². The summed E-state index contributed by atoms with van der Waals surface area (Å²) in [5, 5.41) is 6.19. The smallest absolute Gasteiger partial charge is 0.182 e. The van der Waals surface area contributed by atoms with Gasteiger partial charge in [0.1, 0.15) is 12.7 Å². The summed E-state index contributed by atoms with van der Waals surface area (Å²) < 4.78 is 11.5. The second-order valence-corrected chi connectivity index (χ2v) is 7.25. The normalized spacial score (nSPS) is 25.6. The van der Waals surface area contributed by atoms with Gasteiger partial charge in [-0.05, 0) is 14.1 Å². The van der Waals surface area contributed by atoms with E-state index in [2.05, 4.69) is 16.1 Å². The lowest BCUT2D eigenvalue weighted by atomic mass is 10.2. The van der Waals surface area contributed by atoms with Gasteiger partial charge in [0, 0.05) is 11.5 Å². The van der Waals surface area contributed by atoms with Crippen molar-refractivity contribution in [2.24, 2.45) is 0 Å². The first kappa shape index (κ1) is 14.6. The van der Waals surface area contributed by atoms with Crippen molar-refractivity contribution in [1.82, 2.24) is 10.2 Å². The third-order valence-corrected chi connectivity index (χ3v) is 5.70. The molecule has 7 heteroatoms.